The zero-order chi connectivity index (χ0) is 19.3. The maximum Gasteiger partial charge on any atom is 0.272 e. The fourth-order valence-corrected chi connectivity index (χ4v) is 3.23. The second-order valence-electron chi connectivity index (χ2n) is 6.68. The van der Waals surface area contributed by atoms with Crippen LogP contribution >= 0.6 is 11.8 Å². The molecular weight excluding hydrogens is 344 g/mol. The van der Waals surface area contributed by atoms with E-state index >= 15 is 0 Å². The average Bonchev–Trinajstić information content (AvgIpc) is 2.58. The first-order valence-corrected chi connectivity index (χ1v) is 9.93. The van der Waals surface area contributed by atoms with Crippen molar-refractivity contribution < 1.29 is 9.53 Å². The van der Waals surface area contributed by atoms with Crippen molar-refractivity contribution in [1.82, 2.24) is 10.3 Å². The minimum Gasteiger partial charge on any atom is -0.470 e. The van der Waals surface area contributed by atoms with E-state index in [2.05, 4.69) is 35.1 Å². The lowest BCUT2D eigenvalue weighted by atomic mass is 10.1. The number of aromatic nitrogens is 1. The van der Waals surface area contributed by atoms with Gasteiger partial charge in [0.25, 0.3) is 5.91 Å². The standard InChI is InChI=1S/C21H26N2O2S/c1-7-9-21(4,5)23-19(24)20(26-6)25-17-10-14(3)18-16(12-17)11-15(8-2)13-22-18/h10-13,20H,8H2,1-6H3,(H,23,24). The highest BCUT2D eigenvalue weighted by atomic mass is 32.2. The average molecular weight is 371 g/mol. The summed E-state index contributed by atoms with van der Waals surface area (Å²) in [5.74, 6) is 6.30. The molecule has 5 heteroatoms. The van der Waals surface area contributed by atoms with E-state index in [4.69, 9.17) is 4.74 Å². The van der Waals surface area contributed by atoms with Gasteiger partial charge in [-0.1, -0.05) is 12.8 Å². The molecule has 4 nitrogen and oxygen atoms in total. The van der Waals surface area contributed by atoms with E-state index in [1.807, 2.05) is 45.4 Å². The van der Waals surface area contributed by atoms with Gasteiger partial charge >= 0.3 is 0 Å². The number of ether oxygens (including phenoxy) is 1. The number of nitrogens with zero attached hydrogens (tertiary/aromatic N) is 1. The Morgan fingerprint density at radius 1 is 1.38 bits per heavy atom. The lowest BCUT2D eigenvalue weighted by Gasteiger charge is -2.24. The number of hydrogen-bond acceptors (Lipinski definition) is 4. The Morgan fingerprint density at radius 2 is 2.12 bits per heavy atom. The fraction of sp³-hybridized carbons (Fsp3) is 0.429. The molecule has 1 heterocycles. The lowest BCUT2D eigenvalue weighted by molar-refractivity contribution is -0.125. The molecule has 1 amide bonds. The summed E-state index contributed by atoms with van der Waals surface area (Å²) in [6, 6.07) is 5.99. The second kappa shape index (κ2) is 8.46. The lowest BCUT2D eigenvalue weighted by Crippen LogP contribution is -2.47. The zero-order valence-corrected chi connectivity index (χ0v) is 17.1. The predicted octanol–water partition coefficient (Wildman–Crippen LogP) is 4.09. The van der Waals surface area contributed by atoms with Gasteiger partial charge in [0.1, 0.15) is 5.75 Å². The number of carbonyl (C=O) groups excluding carboxylic acids is 1. The number of pyridine rings is 1. The number of nitrogens with one attached hydrogen (secondary N) is 1. The number of aryl methyl sites for hydroxylation is 2. The van der Waals surface area contributed by atoms with Crippen molar-refractivity contribution in [3.05, 3.63) is 35.5 Å². The highest BCUT2D eigenvalue weighted by molar-refractivity contribution is 7.99. The third kappa shape index (κ3) is 4.92. The van der Waals surface area contributed by atoms with Crippen LogP contribution in [0.15, 0.2) is 24.4 Å². The first-order valence-electron chi connectivity index (χ1n) is 8.64. The van der Waals surface area contributed by atoms with Gasteiger partial charge in [-0.05, 0) is 69.7 Å². The molecule has 0 bridgehead atoms. The largest absolute Gasteiger partial charge is 0.470 e. The molecule has 1 aromatic carbocycles. The Balaban J connectivity index is 2.26. The van der Waals surface area contributed by atoms with Gasteiger partial charge in [-0.25, -0.2) is 0 Å². The summed E-state index contributed by atoms with van der Waals surface area (Å²) < 4.78 is 5.99. The molecular formula is C21H26N2O2S. The van der Waals surface area contributed by atoms with Gasteiger partial charge in [-0.15, -0.1) is 17.7 Å². The first-order chi connectivity index (χ1) is 12.3. The van der Waals surface area contributed by atoms with Crippen molar-refractivity contribution in [3.63, 3.8) is 0 Å². The first kappa shape index (κ1) is 20.1. The molecule has 0 spiro atoms. The molecule has 1 aromatic heterocycles. The third-order valence-corrected chi connectivity index (χ3v) is 4.70. The predicted molar refractivity (Wildman–Crippen MR) is 109 cm³/mol. The van der Waals surface area contributed by atoms with Gasteiger partial charge in [-0.2, -0.15) is 0 Å². The smallest absolute Gasteiger partial charge is 0.272 e. The summed E-state index contributed by atoms with van der Waals surface area (Å²) in [5, 5.41) is 3.95. The summed E-state index contributed by atoms with van der Waals surface area (Å²) >= 11 is 1.35. The number of fused-ring (bicyclic) bond motifs is 1. The number of thioether (sulfide) groups is 1. The van der Waals surface area contributed by atoms with Crippen molar-refractivity contribution in [3.8, 4) is 17.6 Å². The van der Waals surface area contributed by atoms with Crippen molar-refractivity contribution in [2.75, 3.05) is 6.26 Å². The molecule has 0 fully saturated rings. The minimum atomic E-state index is -0.646. The topological polar surface area (TPSA) is 51.2 Å². The number of benzene rings is 1. The van der Waals surface area contributed by atoms with E-state index < -0.39 is 11.0 Å². The van der Waals surface area contributed by atoms with Gasteiger partial charge in [0.2, 0.25) is 5.44 Å². The van der Waals surface area contributed by atoms with Crippen LogP contribution in [-0.2, 0) is 11.2 Å². The van der Waals surface area contributed by atoms with Crippen molar-refractivity contribution >= 4 is 28.6 Å². The van der Waals surface area contributed by atoms with Gasteiger partial charge in [-0.3, -0.25) is 9.78 Å². The zero-order valence-electron chi connectivity index (χ0n) is 16.3. The molecule has 2 rings (SSSR count). The van der Waals surface area contributed by atoms with E-state index in [1.54, 1.807) is 6.92 Å². The van der Waals surface area contributed by atoms with Crippen LogP contribution in [0.5, 0.6) is 5.75 Å². The van der Waals surface area contributed by atoms with E-state index in [0.717, 1.165) is 22.9 Å². The summed E-state index contributed by atoms with van der Waals surface area (Å²) in [5.41, 5.74) is 1.92. The quantitative estimate of drug-likeness (QED) is 0.615. The van der Waals surface area contributed by atoms with Crippen LogP contribution in [0.3, 0.4) is 0 Å². The molecule has 1 unspecified atom stereocenters. The normalized spacial score (nSPS) is 12.2. The van der Waals surface area contributed by atoms with Crippen LogP contribution in [-0.4, -0.2) is 28.1 Å². The SMILES string of the molecule is CC#CC(C)(C)NC(=O)C(Oc1cc(C)c2ncc(CC)cc2c1)SC. The Hall–Kier alpha value is -2.19. The molecule has 2 aromatic rings. The third-order valence-electron chi connectivity index (χ3n) is 3.96. The summed E-state index contributed by atoms with van der Waals surface area (Å²) in [7, 11) is 0. The fourth-order valence-electron chi connectivity index (χ4n) is 2.75. The van der Waals surface area contributed by atoms with Crippen LogP contribution in [0.1, 0.15) is 38.8 Å². The molecule has 26 heavy (non-hydrogen) atoms. The van der Waals surface area contributed by atoms with E-state index in [0.29, 0.717) is 5.75 Å². The molecule has 0 radical (unpaired) electrons. The molecule has 0 aliphatic rings. The summed E-state index contributed by atoms with van der Waals surface area (Å²) in [6.45, 7) is 9.60. The van der Waals surface area contributed by atoms with Gasteiger partial charge < -0.3 is 10.1 Å². The minimum absolute atomic E-state index is 0.191. The second-order valence-corrected chi connectivity index (χ2v) is 7.58. The maximum atomic E-state index is 12.6. The Morgan fingerprint density at radius 3 is 2.73 bits per heavy atom. The van der Waals surface area contributed by atoms with E-state index in [-0.39, 0.29) is 5.91 Å². The Bertz CT molecular complexity index is 865. The van der Waals surface area contributed by atoms with Gasteiger partial charge in [0.15, 0.2) is 0 Å². The molecule has 1 atom stereocenters. The van der Waals surface area contributed by atoms with Crippen LogP contribution in [0.4, 0.5) is 0 Å². The molecule has 0 aliphatic carbocycles. The van der Waals surface area contributed by atoms with Crippen molar-refractivity contribution in [2.24, 2.45) is 0 Å². The van der Waals surface area contributed by atoms with Crippen molar-refractivity contribution in [1.29, 1.82) is 0 Å². The van der Waals surface area contributed by atoms with Crippen LogP contribution in [0.2, 0.25) is 0 Å². The van der Waals surface area contributed by atoms with Crippen LogP contribution in [0.25, 0.3) is 10.9 Å². The van der Waals surface area contributed by atoms with Gasteiger partial charge in [0, 0.05) is 11.6 Å². The Kier molecular flexibility index (Phi) is 6.55. The molecule has 0 saturated heterocycles. The van der Waals surface area contributed by atoms with E-state index in [9.17, 15) is 4.79 Å². The van der Waals surface area contributed by atoms with Crippen LogP contribution in [0, 0.1) is 18.8 Å². The molecule has 1 N–H and O–H groups in total. The molecule has 138 valence electrons. The summed E-state index contributed by atoms with van der Waals surface area (Å²) in [4.78, 5) is 17.1. The van der Waals surface area contributed by atoms with Crippen LogP contribution < -0.4 is 10.1 Å². The maximum absolute atomic E-state index is 12.6. The highest BCUT2D eigenvalue weighted by Gasteiger charge is 2.25. The van der Waals surface area contributed by atoms with Crippen molar-refractivity contribution in [2.45, 2.75) is 52.0 Å². The summed E-state index contributed by atoms with van der Waals surface area (Å²) in [6.07, 6.45) is 4.69. The monoisotopic (exact) mass is 370 g/mol. The number of hydrogen-bond donors (Lipinski definition) is 1. The molecule has 0 saturated carbocycles. The number of carbonyl (C=O) groups is 1. The number of amides is 1. The van der Waals surface area contributed by atoms with E-state index in [1.165, 1.54) is 17.3 Å². The number of rotatable bonds is 6. The Labute approximate surface area is 160 Å². The highest BCUT2D eigenvalue weighted by Crippen LogP contribution is 2.26. The molecule has 0 aliphatic heterocycles. The van der Waals surface area contributed by atoms with Gasteiger partial charge in [0.05, 0.1) is 11.1 Å².